The first-order chi connectivity index (χ1) is 4.77. The van der Waals surface area contributed by atoms with Crippen LogP contribution in [-0.2, 0) is 14.3 Å². The normalized spacial score (nSPS) is 9.70. The topological polar surface area (TPSA) is 43.4 Å². The van der Waals surface area contributed by atoms with E-state index in [4.69, 9.17) is 0 Å². The van der Waals surface area contributed by atoms with Gasteiger partial charge in [0, 0.05) is 13.3 Å². The summed E-state index contributed by atoms with van der Waals surface area (Å²) in [5.41, 5.74) is 0. The van der Waals surface area contributed by atoms with Gasteiger partial charge in [-0.05, 0) is 0 Å². The molecule has 0 bridgehead atoms. The second-order valence-electron chi connectivity index (χ2n) is 1.68. The molecule has 0 radical (unpaired) electrons. The van der Waals surface area contributed by atoms with Gasteiger partial charge in [-0.1, -0.05) is 12.2 Å². The average molecular weight is 142 g/mol. The molecule has 0 unspecified atom stereocenters. The van der Waals surface area contributed by atoms with Crippen LogP contribution in [0.5, 0.6) is 0 Å². The molecule has 56 valence electrons. The van der Waals surface area contributed by atoms with Gasteiger partial charge in [0.15, 0.2) is 0 Å². The van der Waals surface area contributed by atoms with E-state index in [1.54, 1.807) is 12.2 Å². The molecule has 0 amide bonds. The van der Waals surface area contributed by atoms with E-state index < -0.39 is 0 Å². The molecule has 3 heteroatoms. The van der Waals surface area contributed by atoms with Crippen LogP contribution < -0.4 is 0 Å². The van der Waals surface area contributed by atoms with E-state index in [-0.39, 0.29) is 12.6 Å². The number of hydrogen-bond donors (Lipinski definition) is 0. The first kappa shape index (κ1) is 8.88. The molecule has 0 aliphatic rings. The minimum atomic E-state index is -0.309. The van der Waals surface area contributed by atoms with Crippen LogP contribution in [0.1, 0.15) is 13.3 Å². The summed E-state index contributed by atoms with van der Waals surface area (Å²) in [7, 11) is 0. The van der Waals surface area contributed by atoms with E-state index in [0.717, 1.165) is 6.29 Å². The van der Waals surface area contributed by atoms with E-state index in [9.17, 15) is 9.59 Å². The Morgan fingerprint density at radius 1 is 1.50 bits per heavy atom. The number of ether oxygens (including phenoxy) is 1. The van der Waals surface area contributed by atoms with Gasteiger partial charge in [0.05, 0.1) is 0 Å². The number of hydrogen-bond acceptors (Lipinski definition) is 3. The third-order valence-electron chi connectivity index (χ3n) is 0.782. The summed E-state index contributed by atoms with van der Waals surface area (Å²) in [6, 6.07) is 0. The van der Waals surface area contributed by atoms with Crippen molar-refractivity contribution >= 4 is 12.3 Å². The number of rotatable bonds is 4. The molecular formula is C7H10O3. The van der Waals surface area contributed by atoms with Gasteiger partial charge in [-0.15, -0.1) is 0 Å². The van der Waals surface area contributed by atoms with Crippen molar-refractivity contribution in [1.82, 2.24) is 0 Å². The second kappa shape index (κ2) is 6.01. The highest BCUT2D eigenvalue weighted by Gasteiger charge is 1.85. The zero-order chi connectivity index (χ0) is 7.82. The quantitative estimate of drug-likeness (QED) is 0.329. The van der Waals surface area contributed by atoms with Gasteiger partial charge in [0.25, 0.3) is 0 Å². The maximum atomic E-state index is 10.2. The van der Waals surface area contributed by atoms with Crippen LogP contribution in [0.25, 0.3) is 0 Å². The molecule has 0 aromatic heterocycles. The standard InChI is InChI=1S/C7H10O3/c1-7(9)10-6-4-2-3-5-8/h2,4-5H,3,6H2,1H3. The van der Waals surface area contributed by atoms with E-state index in [1.165, 1.54) is 6.92 Å². The Morgan fingerprint density at radius 2 is 2.20 bits per heavy atom. The van der Waals surface area contributed by atoms with Crippen LogP contribution >= 0.6 is 0 Å². The van der Waals surface area contributed by atoms with Crippen molar-refractivity contribution in [2.24, 2.45) is 0 Å². The Labute approximate surface area is 59.7 Å². The van der Waals surface area contributed by atoms with Crippen LogP contribution in [0.2, 0.25) is 0 Å². The third-order valence-corrected chi connectivity index (χ3v) is 0.782. The molecule has 0 saturated carbocycles. The smallest absolute Gasteiger partial charge is 0.302 e. The van der Waals surface area contributed by atoms with Crippen LogP contribution in [0.4, 0.5) is 0 Å². The van der Waals surface area contributed by atoms with E-state index >= 15 is 0 Å². The van der Waals surface area contributed by atoms with Crippen molar-refractivity contribution in [3.05, 3.63) is 12.2 Å². The first-order valence-corrected chi connectivity index (χ1v) is 2.99. The average Bonchev–Trinajstić information content (AvgIpc) is 1.87. The molecule has 0 aliphatic heterocycles. The third kappa shape index (κ3) is 6.88. The maximum Gasteiger partial charge on any atom is 0.302 e. The highest BCUT2D eigenvalue weighted by atomic mass is 16.5. The summed E-state index contributed by atoms with van der Waals surface area (Å²) in [6.45, 7) is 1.59. The molecule has 0 N–H and O–H groups in total. The zero-order valence-electron chi connectivity index (χ0n) is 5.87. The first-order valence-electron chi connectivity index (χ1n) is 2.99. The number of carbonyl (C=O) groups is 2. The fraction of sp³-hybridized carbons (Fsp3) is 0.429. The Bertz CT molecular complexity index is 138. The zero-order valence-corrected chi connectivity index (χ0v) is 5.87. The molecule has 0 saturated heterocycles. The maximum absolute atomic E-state index is 10.2. The van der Waals surface area contributed by atoms with Crippen molar-refractivity contribution in [1.29, 1.82) is 0 Å². The summed E-state index contributed by atoms with van der Waals surface area (Å²) in [4.78, 5) is 19.9. The molecule has 10 heavy (non-hydrogen) atoms. The SMILES string of the molecule is CC(=O)OCC=CCC=O. The Hall–Kier alpha value is -1.12. The van der Waals surface area contributed by atoms with Crippen molar-refractivity contribution in [3.63, 3.8) is 0 Å². The fourth-order valence-electron chi connectivity index (χ4n) is 0.385. The molecule has 0 fully saturated rings. The molecule has 0 aromatic carbocycles. The molecule has 0 aromatic rings. The van der Waals surface area contributed by atoms with Crippen molar-refractivity contribution in [2.75, 3.05) is 6.61 Å². The molecule has 0 heterocycles. The number of aldehydes is 1. The lowest BCUT2D eigenvalue weighted by atomic mass is 10.4. The van der Waals surface area contributed by atoms with Crippen molar-refractivity contribution in [2.45, 2.75) is 13.3 Å². The van der Waals surface area contributed by atoms with Gasteiger partial charge in [-0.3, -0.25) is 4.79 Å². The fourth-order valence-corrected chi connectivity index (χ4v) is 0.385. The predicted octanol–water partition coefficient (Wildman–Crippen LogP) is 0.695. The highest BCUT2D eigenvalue weighted by molar-refractivity contribution is 5.66. The Morgan fingerprint density at radius 3 is 2.70 bits per heavy atom. The van der Waals surface area contributed by atoms with E-state index in [2.05, 4.69) is 4.74 Å². The van der Waals surface area contributed by atoms with Gasteiger partial charge in [-0.2, -0.15) is 0 Å². The second-order valence-corrected chi connectivity index (χ2v) is 1.68. The Kier molecular flexibility index (Phi) is 5.33. The van der Waals surface area contributed by atoms with Crippen LogP contribution in [0.3, 0.4) is 0 Å². The molecule has 0 rings (SSSR count). The minimum absolute atomic E-state index is 0.253. The minimum Gasteiger partial charge on any atom is -0.462 e. The van der Waals surface area contributed by atoms with Gasteiger partial charge < -0.3 is 9.53 Å². The molecule has 3 nitrogen and oxygen atoms in total. The van der Waals surface area contributed by atoms with Crippen molar-refractivity contribution < 1.29 is 14.3 Å². The van der Waals surface area contributed by atoms with Crippen LogP contribution in [0, 0.1) is 0 Å². The van der Waals surface area contributed by atoms with Gasteiger partial charge in [0.1, 0.15) is 12.9 Å². The van der Waals surface area contributed by atoms with Gasteiger partial charge >= 0.3 is 5.97 Å². The van der Waals surface area contributed by atoms with Crippen molar-refractivity contribution in [3.8, 4) is 0 Å². The predicted molar refractivity (Wildman–Crippen MR) is 36.5 cm³/mol. The molecule has 0 spiro atoms. The number of carbonyl (C=O) groups excluding carboxylic acids is 2. The summed E-state index contributed by atoms with van der Waals surface area (Å²) in [6.07, 6.45) is 4.44. The molecule has 0 atom stereocenters. The van der Waals surface area contributed by atoms with Crippen LogP contribution in [0.15, 0.2) is 12.2 Å². The van der Waals surface area contributed by atoms with Gasteiger partial charge in [0.2, 0.25) is 0 Å². The number of allylic oxidation sites excluding steroid dienone is 1. The highest BCUT2D eigenvalue weighted by Crippen LogP contribution is 1.80. The lowest BCUT2D eigenvalue weighted by Crippen LogP contribution is -1.97. The molecular weight excluding hydrogens is 132 g/mol. The molecule has 0 aliphatic carbocycles. The summed E-state index contributed by atoms with van der Waals surface area (Å²) in [5.74, 6) is -0.309. The lowest BCUT2D eigenvalue weighted by molar-refractivity contribution is -0.139. The summed E-state index contributed by atoms with van der Waals surface area (Å²) < 4.78 is 4.55. The summed E-state index contributed by atoms with van der Waals surface area (Å²) in [5, 5.41) is 0. The largest absolute Gasteiger partial charge is 0.462 e. The Balaban J connectivity index is 3.18. The summed E-state index contributed by atoms with van der Waals surface area (Å²) >= 11 is 0. The van der Waals surface area contributed by atoms with Gasteiger partial charge in [-0.25, -0.2) is 0 Å². The van der Waals surface area contributed by atoms with Crippen LogP contribution in [-0.4, -0.2) is 18.9 Å². The van der Waals surface area contributed by atoms with E-state index in [0.29, 0.717) is 6.42 Å². The number of esters is 1. The monoisotopic (exact) mass is 142 g/mol. The lowest BCUT2D eigenvalue weighted by Gasteiger charge is -1.92. The van der Waals surface area contributed by atoms with E-state index in [1.807, 2.05) is 0 Å².